The summed E-state index contributed by atoms with van der Waals surface area (Å²) in [5, 5.41) is 3.66. The van der Waals surface area contributed by atoms with E-state index in [0.29, 0.717) is 6.42 Å². The molecule has 1 atom stereocenters. The zero-order valence-electron chi connectivity index (χ0n) is 14.5. The van der Waals surface area contributed by atoms with Crippen molar-refractivity contribution in [2.45, 2.75) is 26.0 Å². The molecule has 2 aromatic carbocycles. The maximum absolute atomic E-state index is 12.5. The molecular formula is C21H20N2O3. The Kier molecular flexibility index (Phi) is 5.59. The van der Waals surface area contributed by atoms with E-state index in [1.54, 1.807) is 6.07 Å². The number of nitrogens with zero attached hydrogens (tertiary/aromatic N) is 1. The van der Waals surface area contributed by atoms with E-state index < -0.39 is 12.0 Å². The van der Waals surface area contributed by atoms with E-state index in [9.17, 15) is 9.59 Å². The maximum Gasteiger partial charge on any atom is 0.328 e. The first-order chi connectivity index (χ1) is 12.7. The lowest BCUT2D eigenvalue weighted by atomic mass is 10.2. The summed E-state index contributed by atoms with van der Waals surface area (Å²) in [4.78, 5) is 29.1. The van der Waals surface area contributed by atoms with Gasteiger partial charge in [-0.15, -0.1) is 0 Å². The fourth-order valence-corrected chi connectivity index (χ4v) is 2.58. The first-order valence-electron chi connectivity index (χ1n) is 8.54. The number of hydrogen-bond donors (Lipinski definition) is 1. The number of pyridine rings is 1. The van der Waals surface area contributed by atoms with E-state index >= 15 is 0 Å². The Morgan fingerprint density at radius 1 is 1.00 bits per heavy atom. The number of fused-ring (bicyclic) bond motifs is 1. The third-order valence-corrected chi connectivity index (χ3v) is 4.05. The largest absolute Gasteiger partial charge is 0.459 e. The Morgan fingerprint density at radius 3 is 2.50 bits per heavy atom. The summed E-state index contributed by atoms with van der Waals surface area (Å²) in [5.74, 6) is -0.843. The highest BCUT2D eigenvalue weighted by Gasteiger charge is 2.21. The van der Waals surface area contributed by atoms with Crippen LogP contribution >= 0.6 is 0 Å². The zero-order chi connectivity index (χ0) is 18.4. The normalized spacial score (nSPS) is 11.7. The van der Waals surface area contributed by atoms with Crippen LogP contribution in [0.4, 0.5) is 0 Å². The molecule has 0 radical (unpaired) electrons. The molecule has 0 aliphatic carbocycles. The van der Waals surface area contributed by atoms with Crippen molar-refractivity contribution in [2.24, 2.45) is 0 Å². The number of hydrogen-bond acceptors (Lipinski definition) is 4. The zero-order valence-corrected chi connectivity index (χ0v) is 14.5. The standard InChI is InChI=1S/C21H20N2O3/c1-2-17(21(25)26-14-15-8-4-3-5-9-15)23-20(24)19-13-12-16-10-6-7-11-18(16)22-19/h3-13,17H,2,14H2,1H3,(H,23,24). The van der Waals surface area contributed by atoms with Gasteiger partial charge in [0.1, 0.15) is 18.3 Å². The van der Waals surface area contributed by atoms with Gasteiger partial charge in [0.05, 0.1) is 5.52 Å². The number of para-hydroxylation sites is 1. The quantitative estimate of drug-likeness (QED) is 0.693. The number of ether oxygens (including phenoxy) is 1. The Labute approximate surface area is 152 Å². The minimum Gasteiger partial charge on any atom is -0.459 e. The molecule has 1 heterocycles. The number of carbonyl (C=O) groups excluding carboxylic acids is 2. The van der Waals surface area contributed by atoms with Gasteiger partial charge in [0.2, 0.25) is 0 Å². The van der Waals surface area contributed by atoms with Crippen molar-refractivity contribution < 1.29 is 14.3 Å². The lowest BCUT2D eigenvalue weighted by Gasteiger charge is -2.16. The van der Waals surface area contributed by atoms with E-state index in [0.717, 1.165) is 16.5 Å². The van der Waals surface area contributed by atoms with Crippen LogP contribution in [0.5, 0.6) is 0 Å². The van der Waals surface area contributed by atoms with E-state index in [1.807, 2.05) is 67.6 Å². The third kappa shape index (κ3) is 4.25. The van der Waals surface area contributed by atoms with Crippen LogP contribution in [0.3, 0.4) is 0 Å². The number of aromatic nitrogens is 1. The minimum absolute atomic E-state index is 0.181. The Hall–Kier alpha value is -3.21. The van der Waals surface area contributed by atoms with Gasteiger partial charge in [-0.3, -0.25) is 4.79 Å². The van der Waals surface area contributed by atoms with Gasteiger partial charge in [0, 0.05) is 5.39 Å². The van der Waals surface area contributed by atoms with Crippen LogP contribution in [0.1, 0.15) is 29.4 Å². The lowest BCUT2D eigenvalue weighted by Crippen LogP contribution is -2.41. The highest BCUT2D eigenvalue weighted by Crippen LogP contribution is 2.12. The van der Waals surface area contributed by atoms with E-state index in [-0.39, 0.29) is 18.2 Å². The molecule has 1 amide bonds. The molecule has 3 aromatic rings. The third-order valence-electron chi connectivity index (χ3n) is 4.05. The summed E-state index contributed by atoms with van der Waals surface area (Å²) in [7, 11) is 0. The topological polar surface area (TPSA) is 68.3 Å². The van der Waals surface area contributed by atoms with Crippen LogP contribution in [0, 0.1) is 0 Å². The number of amides is 1. The highest BCUT2D eigenvalue weighted by atomic mass is 16.5. The van der Waals surface area contributed by atoms with Crippen molar-refractivity contribution in [2.75, 3.05) is 0 Å². The molecular weight excluding hydrogens is 328 g/mol. The summed E-state index contributed by atoms with van der Waals surface area (Å²) >= 11 is 0. The van der Waals surface area contributed by atoms with Crippen LogP contribution in [0.25, 0.3) is 10.9 Å². The molecule has 0 saturated heterocycles. The predicted octanol–water partition coefficient (Wildman–Crippen LogP) is 3.49. The van der Waals surface area contributed by atoms with E-state index in [1.165, 1.54) is 0 Å². The van der Waals surface area contributed by atoms with E-state index in [4.69, 9.17) is 4.74 Å². The molecule has 5 nitrogen and oxygen atoms in total. The van der Waals surface area contributed by atoms with Gasteiger partial charge in [-0.05, 0) is 24.1 Å². The number of esters is 1. The van der Waals surface area contributed by atoms with Crippen LogP contribution in [-0.4, -0.2) is 22.9 Å². The second-order valence-corrected chi connectivity index (χ2v) is 5.92. The van der Waals surface area contributed by atoms with Crippen molar-refractivity contribution in [3.63, 3.8) is 0 Å². The van der Waals surface area contributed by atoms with Gasteiger partial charge in [0.15, 0.2) is 0 Å². The number of carbonyl (C=O) groups is 2. The molecule has 1 N–H and O–H groups in total. The second kappa shape index (κ2) is 8.25. The Morgan fingerprint density at radius 2 is 1.73 bits per heavy atom. The second-order valence-electron chi connectivity index (χ2n) is 5.92. The summed E-state index contributed by atoms with van der Waals surface area (Å²) < 4.78 is 5.31. The molecule has 1 aromatic heterocycles. The van der Waals surface area contributed by atoms with Crippen molar-refractivity contribution in [3.05, 3.63) is 78.0 Å². The first kappa shape index (κ1) is 17.6. The summed E-state index contributed by atoms with van der Waals surface area (Å²) in [6.07, 6.45) is 0.437. The molecule has 0 aliphatic rings. The monoisotopic (exact) mass is 348 g/mol. The van der Waals surface area contributed by atoms with Gasteiger partial charge in [0.25, 0.3) is 5.91 Å². The van der Waals surface area contributed by atoms with Gasteiger partial charge in [-0.1, -0.05) is 61.5 Å². The van der Waals surface area contributed by atoms with Crippen molar-refractivity contribution >= 4 is 22.8 Å². The van der Waals surface area contributed by atoms with Gasteiger partial charge in [-0.2, -0.15) is 0 Å². The minimum atomic E-state index is -0.709. The van der Waals surface area contributed by atoms with Gasteiger partial charge >= 0.3 is 5.97 Å². The summed E-state index contributed by atoms with van der Waals surface area (Å²) in [5.41, 5.74) is 1.91. The van der Waals surface area contributed by atoms with Crippen molar-refractivity contribution in [3.8, 4) is 0 Å². The lowest BCUT2D eigenvalue weighted by molar-refractivity contribution is -0.147. The van der Waals surface area contributed by atoms with Gasteiger partial charge in [-0.25, -0.2) is 9.78 Å². The van der Waals surface area contributed by atoms with Crippen molar-refractivity contribution in [1.29, 1.82) is 0 Å². The fourth-order valence-electron chi connectivity index (χ4n) is 2.58. The smallest absolute Gasteiger partial charge is 0.328 e. The first-order valence-corrected chi connectivity index (χ1v) is 8.54. The average Bonchev–Trinajstić information content (AvgIpc) is 2.70. The van der Waals surface area contributed by atoms with Gasteiger partial charge < -0.3 is 10.1 Å². The molecule has 1 unspecified atom stereocenters. The van der Waals surface area contributed by atoms with Crippen LogP contribution in [-0.2, 0) is 16.1 Å². The SMILES string of the molecule is CCC(NC(=O)c1ccc2ccccc2n1)C(=O)OCc1ccccc1. The maximum atomic E-state index is 12.5. The summed E-state index contributed by atoms with van der Waals surface area (Å²) in [6.45, 7) is 2.00. The van der Waals surface area contributed by atoms with Crippen molar-refractivity contribution in [1.82, 2.24) is 10.3 Å². The Balaban J connectivity index is 1.64. The molecule has 132 valence electrons. The Bertz CT molecular complexity index is 909. The molecule has 5 heteroatoms. The molecule has 0 bridgehead atoms. The predicted molar refractivity (Wildman–Crippen MR) is 99.5 cm³/mol. The number of nitrogens with one attached hydrogen (secondary N) is 1. The number of rotatable bonds is 6. The van der Waals surface area contributed by atoms with Crippen LogP contribution < -0.4 is 5.32 Å². The molecule has 0 spiro atoms. The number of benzene rings is 2. The van der Waals surface area contributed by atoms with Crippen LogP contribution in [0.15, 0.2) is 66.7 Å². The fraction of sp³-hybridized carbons (Fsp3) is 0.190. The molecule has 0 fully saturated rings. The molecule has 3 rings (SSSR count). The summed E-state index contributed by atoms with van der Waals surface area (Å²) in [6, 6.07) is 19.8. The average molecular weight is 348 g/mol. The van der Waals surface area contributed by atoms with Crippen LogP contribution in [0.2, 0.25) is 0 Å². The molecule has 0 aliphatic heterocycles. The molecule has 0 saturated carbocycles. The molecule has 26 heavy (non-hydrogen) atoms. The van der Waals surface area contributed by atoms with E-state index in [2.05, 4.69) is 10.3 Å². The highest BCUT2D eigenvalue weighted by molar-refractivity contribution is 5.97.